The van der Waals surface area contributed by atoms with E-state index in [1.807, 2.05) is 30.3 Å². The van der Waals surface area contributed by atoms with Crippen molar-refractivity contribution in [3.63, 3.8) is 0 Å². The number of benzene rings is 5. The zero-order valence-corrected chi connectivity index (χ0v) is 15.4. The monoisotopic (exact) mass is 372 g/mol. The minimum Gasteiger partial charge on any atom is -0.0702 e. The maximum Gasteiger partial charge on any atom is 0.115 e. The molecule has 0 amide bonds. The van der Waals surface area contributed by atoms with Crippen molar-refractivity contribution in [3.8, 4) is 0 Å². The summed E-state index contributed by atoms with van der Waals surface area (Å²) >= 11 is 12.8. The van der Waals surface area contributed by atoms with Crippen LogP contribution in [-0.2, 0) is 0 Å². The van der Waals surface area contributed by atoms with E-state index in [2.05, 4.69) is 54.6 Å². The van der Waals surface area contributed by atoms with Gasteiger partial charge < -0.3 is 0 Å². The van der Waals surface area contributed by atoms with Gasteiger partial charge in [0.05, 0.1) is 0 Å². The molecule has 0 N–H and O–H groups in total. The second-order valence-corrected chi connectivity index (χ2v) is 7.42. The predicted molar refractivity (Wildman–Crippen MR) is 114 cm³/mol. The van der Waals surface area contributed by atoms with Crippen LogP contribution < -0.4 is 0 Å². The Morgan fingerprint density at radius 2 is 1.23 bits per heavy atom. The van der Waals surface area contributed by atoms with Crippen LogP contribution in [0.5, 0.6) is 0 Å². The third kappa shape index (κ3) is 2.30. The van der Waals surface area contributed by atoms with Gasteiger partial charge in [-0.1, -0.05) is 102 Å². The first-order chi connectivity index (χ1) is 12.7. The summed E-state index contributed by atoms with van der Waals surface area (Å²) in [5, 5.41) is 7.41. The Morgan fingerprint density at radius 3 is 1.96 bits per heavy atom. The van der Waals surface area contributed by atoms with E-state index in [1.54, 1.807) is 0 Å². The highest BCUT2D eigenvalue weighted by Gasteiger charge is 2.17. The second-order valence-electron chi connectivity index (χ2n) is 6.47. The van der Waals surface area contributed by atoms with Gasteiger partial charge in [-0.3, -0.25) is 0 Å². The summed E-state index contributed by atoms with van der Waals surface area (Å²) in [5.41, 5.74) is 2.95. The zero-order valence-electron chi connectivity index (χ0n) is 13.8. The van der Waals surface area contributed by atoms with Gasteiger partial charge in [-0.15, -0.1) is 0 Å². The topological polar surface area (TPSA) is 0 Å². The molecule has 0 nitrogen and oxygen atoms in total. The summed E-state index contributed by atoms with van der Waals surface area (Å²) in [7, 11) is 0. The molecule has 5 aromatic carbocycles. The van der Waals surface area contributed by atoms with Crippen LogP contribution in [0.3, 0.4) is 0 Å². The fourth-order valence-corrected chi connectivity index (χ4v) is 4.36. The van der Waals surface area contributed by atoms with Crippen LogP contribution in [0.2, 0.25) is 0 Å². The van der Waals surface area contributed by atoms with Crippen LogP contribution in [-0.4, -0.2) is 0 Å². The molecule has 0 atom stereocenters. The standard InChI is InChI=1S/C24H14Cl2/c25-24(26)23(15-6-2-1-3-7-15)20-14-18-10-4-8-16-12-13-17-9-5-11-19(20)22(17)21(16)18/h1-14H. The molecule has 0 aromatic heterocycles. The van der Waals surface area contributed by atoms with Crippen molar-refractivity contribution in [2.75, 3.05) is 0 Å². The summed E-state index contributed by atoms with van der Waals surface area (Å²) in [4.78, 5) is 0. The lowest BCUT2D eigenvalue weighted by atomic mass is 9.87. The molecule has 2 heteroatoms. The largest absolute Gasteiger partial charge is 0.115 e. The minimum atomic E-state index is 0.283. The van der Waals surface area contributed by atoms with Crippen LogP contribution in [0.1, 0.15) is 11.1 Å². The molecule has 5 aromatic rings. The van der Waals surface area contributed by atoms with Crippen molar-refractivity contribution in [1.82, 2.24) is 0 Å². The van der Waals surface area contributed by atoms with Gasteiger partial charge in [0.15, 0.2) is 0 Å². The van der Waals surface area contributed by atoms with Crippen LogP contribution in [0, 0.1) is 0 Å². The Labute approximate surface area is 161 Å². The third-order valence-electron chi connectivity index (χ3n) is 5.03. The van der Waals surface area contributed by atoms with Gasteiger partial charge in [0.25, 0.3) is 0 Å². The fourth-order valence-electron chi connectivity index (χ4n) is 3.94. The molecule has 124 valence electrons. The first-order valence-electron chi connectivity index (χ1n) is 8.51. The molecule has 0 unspecified atom stereocenters. The van der Waals surface area contributed by atoms with Gasteiger partial charge in [-0.25, -0.2) is 0 Å². The molecule has 26 heavy (non-hydrogen) atoms. The summed E-state index contributed by atoms with van der Waals surface area (Å²) < 4.78 is 0.283. The van der Waals surface area contributed by atoms with Gasteiger partial charge in [0, 0.05) is 5.57 Å². The molecular weight excluding hydrogens is 359 g/mol. The maximum absolute atomic E-state index is 6.38. The highest BCUT2D eigenvalue weighted by molar-refractivity contribution is 6.59. The van der Waals surface area contributed by atoms with Gasteiger partial charge in [0.1, 0.15) is 4.49 Å². The molecule has 0 aliphatic rings. The Bertz CT molecular complexity index is 1280. The van der Waals surface area contributed by atoms with E-state index in [0.29, 0.717) is 0 Å². The first-order valence-corrected chi connectivity index (χ1v) is 9.27. The average molecular weight is 373 g/mol. The van der Waals surface area contributed by atoms with Crippen molar-refractivity contribution in [1.29, 1.82) is 0 Å². The van der Waals surface area contributed by atoms with Gasteiger partial charge in [-0.05, 0) is 49.5 Å². The van der Waals surface area contributed by atoms with Crippen molar-refractivity contribution in [3.05, 3.63) is 101 Å². The molecule has 0 fully saturated rings. The minimum absolute atomic E-state index is 0.283. The molecule has 5 rings (SSSR count). The molecule has 0 heterocycles. The van der Waals surface area contributed by atoms with Gasteiger partial charge >= 0.3 is 0 Å². The molecular formula is C24H14Cl2. The summed E-state index contributed by atoms with van der Waals surface area (Å²) in [6, 6.07) is 29.5. The van der Waals surface area contributed by atoms with E-state index >= 15 is 0 Å². The molecule has 0 saturated carbocycles. The van der Waals surface area contributed by atoms with Gasteiger partial charge in [0.2, 0.25) is 0 Å². The van der Waals surface area contributed by atoms with E-state index in [1.165, 1.54) is 32.3 Å². The SMILES string of the molecule is ClC(Cl)=C(c1ccccc1)c1cc2cccc3ccc4cccc1c4c32. The highest BCUT2D eigenvalue weighted by Crippen LogP contribution is 2.41. The first kappa shape index (κ1) is 15.7. The zero-order chi connectivity index (χ0) is 17.7. The molecule has 0 bridgehead atoms. The Kier molecular flexibility index (Phi) is 3.63. The van der Waals surface area contributed by atoms with Crippen LogP contribution in [0.25, 0.3) is 37.9 Å². The number of hydrogen-bond acceptors (Lipinski definition) is 0. The maximum atomic E-state index is 6.38. The smallest absolute Gasteiger partial charge is 0.0702 e. The number of halogens is 2. The quantitative estimate of drug-likeness (QED) is 0.277. The van der Waals surface area contributed by atoms with Crippen molar-refractivity contribution in [2.45, 2.75) is 0 Å². The van der Waals surface area contributed by atoms with E-state index in [0.717, 1.165) is 16.7 Å². The van der Waals surface area contributed by atoms with E-state index < -0.39 is 0 Å². The number of hydrogen-bond donors (Lipinski definition) is 0. The molecule has 0 aliphatic heterocycles. The molecule has 0 spiro atoms. The third-order valence-corrected chi connectivity index (χ3v) is 5.41. The normalized spacial score (nSPS) is 11.5. The lowest BCUT2D eigenvalue weighted by molar-refractivity contribution is 1.59. The van der Waals surface area contributed by atoms with Crippen molar-refractivity contribution < 1.29 is 0 Å². The average Bonchev–Trinajstić information content (AvgIpc) is 2.67. The van der Waals surface area contributed by atoms with Gasteiger partial charge in [-0.2, -0.15) is 0 Å². The fraction of sp³-hybridized carbons (Fsp3) is 0. The summed E-state index contributed by atoms with van der Waals surface area (Å²) in [6.45, 7) is 0. The van der Waals surface area contributed by atoms with Crippen LogP contribution in [0.4, 0.5) is 0 Å². The van der Waals surface area contributed by atoms with Crippen LogP contribution in [0.15, 0.2) is 89.4 Å². The van der Waals surface area contributed by atoms with Crippen LogP contribution >= 0.6 is 23.2 Å². The van der Waals surface area contributed by atoms with E-state index in [9.17, 15) is 0 Å². The Morgan fingerprint density at radius 1 is 0.577 bits per heavy atom. The summed E-state index contributed by atoms with van der Waals surface area (Å²) in [5.74, 6) is 0. The molecule has 0 radical (unpaired) electrons. The van der Waals surface area contributed by atoms with Crippen molar-refractivity contribution in [2.24, 2.45) is 0 Å². The lowest BCUT2D eigenvalue weighted by Gasteiger charge is -2.17. The number of rotatable bonds is 2. The molecule has 0 saturated heterocycles. The predicted octanol–water partition coefficient (Wildman–Crippen LogP) is 7.78. The van der Waals surface area contributed by atoms with Crippen molar-refractivity contribution >= 4 is 61.1 Å². The Balaban J connectivity index is 1.99. The van der Waals surface area contributed by atoms with E-state index in [4.69, 9.17) is 23.2 Å². The Hall–Kier alpha value is -2.54. The summed E-state index contributed by atoms with van der Waals surface area (Å²) in [6.07, 6.45) is 0. The highest BCUT2D eigenvalue weighted by atomic mass is 35.5. The lowest BCUT2D eigenvalue weighted by Crippen LogP contribution is -1.93. The second kappa shape index (κ2) is 6.02. The molecule has 0 aliphatic carbocycles. The van der Waals surface area contributed by atoms with E-state index in [-0.39, 0.29) is 4.49 Å².